The summed E-state index contributed by atoms with van der Waals surface area (Å²) in [4.78, 5) is 37.5. The number of likely N-dealkylation sites (N-methyl/N-ethyl adjacent to an activating group) is 1. The molecule has 7 nitrogen and oxygen atoms in total. The first-order chi connectivity index (χ1) is 14.8. The van der Waals surface area contributed by atoms with Gasteiger partial charge in [-0.3, -0.25) is 14.5 Å². The number of nitrogens with zero attached hydrogens (tertiary/aromatic N) is 1. The van der Waals surface area contributed by atoms with Crippen LogP contribution < -0.4 is 10.6 Å². The molecule has 2 amide bonds. The Kier molecular flexibility index (Phi) is 9.42. The lowest BCUT2D eigenvalue weighted by Crippen LogP contribution is -2.36. The molecule has 0 bridgehead atoms. The van der Waals surface area contributed by atoms with Gasteiger partial charge < -0.3 is 15.4 Å². The molecular formula is C23H26BrN3O4. The number of esters is 1. The number of nitrogens with one attached hydrogen (secondary N) is 2. The molecular weight excluding hydrogens is 462 g/mol. The van der Waals surface area contributed by atoms with Crippen molar-refractivity contribution in [3.63, 3.8) is 0 Å². The fourth-order valence-corrected chi connectivity index (χ4v) is 3.21. The molecule has 0 unspecified atom stereocenters. The average molecular weight is 488 g/mol. The van der Waals surface area contributed by atoms with Crippen molar-refractivity contribution >= 4 is 51.2 Å². The third-order valence-electron chi connectivity index (χ3n) is 4.18. The lowest BCUT2D eigenvalue weighted by atomic mass is 10.2. The van der Waals surface area contributed by atoms with E-state index in [0.717, 1.165) is 21.3 Å². The van der Waals surface area contributed by atoms with Gasteiger partial charge in [0.15, 0.2) is 0 Å². The summed E-state index contributed by atoms with van der Waals surface area (Å²) in [5.74, 6) is -0.828. The first-order valence-corrected chi connectivity index (χ1v) is 10.6. The molecule has 8 heteroatoms. The Labute approximate surface area is 190 Å². The minimum absolute atomic E-state index is 0.0667. The van der Waals surface area contributed by atoms with Gasteiger partial charge in [0.2, 0.25) is 11.8 Å². The summed E-state index contributed by atoms with van der Waals surface area (Å²) < 4.78 is 5.77. The van der Waals surface area contributed by atoms with E-state index in [1.807, 2.05) is 25.1 Å². The lowest BCUT2D eigenvalue weighted by Gasteiger charge is -2.16. The Balaban J connectivity index is 1.80. The predicted molar refractivity (Wildman–Crippen MR) is 126 cm³/mol. The highest BCUT2D eigenvalue weighted by molar-refractivity contribution is 9.10. The van der Waals surface area contributed by atoms with Crippen LogP contribution in [0.2, 0.25) is 0 Å². The minimum atomic E-state index is -0.401. The summed E-state index contributed by atoms with van der Waals surface area (Å²) in [5.41, 5.74) is 3.12. The Morgan fingerprint density at radius 1 is 1.03 bits per heavy atom. The minimum Gasteiger partial charge on any atom is -0.463 e. The zero-order valence-corrected chi connectivity index (χ0v) is 19.4. The number of benzene rings is 2. The topological polar surface area (TPSA) is 87.7 Å². The lowest BCUT2D eigenvalue weighted by molar-refractivity contribution is -0.137. The monoisotopic (exact) mass is 487 g/mol. The van der Waals surface area contributed by atoms with E-state index in [2.05, 4.69) is 26.6 Å². The Morgan fingerprint density at radius 2 is 1.68 bits per heavy atom. The second-order valence-electron chi connectivity index (χ2n) is 6.94. The van der Waals surface area contributed by atoms with Gasteiger partial charge in [0.25, 0.3) is 0 Å². The second kappa shape index (κ2) is 12.0. The average Bonchev–Trinajstić information content (AvgIpc) is 2.69. The van der Waals surface area contributed by atoms with Crippen molar-refractivity contribution < 1.29 is 19.1 Å². The van der Waals surface area contributed by atoms with Gasteiger partial charge in [-0.1, -0.05) is 28.1 Å². The summed E-state index contributed by atoms with van der Waals surface area (Å²) in [6.45, 7) is 4.14. The van der Waals surface area contributed by atoms with Crippen molar-refractivity contribution in [2.45, 2.75) is 13.8 Å². The van der Waals surface area contributed by atoms with Crippen molar-refractivity contribution in [2.75, 3.05) is 37.4 Å². The molecule has 164 valence electrons. The molecule has 0 heterocycles. The molecule has 0 aliphatic heterocycles. The normalized spacial score (nSPS) is 10.9. The van der Waals surface area contributed by atoms with Gasteiger partial charge in [0.1, 0.15) is 0 Å². The molecule has 0 aliphatic rings. The number of amides is 2. The molecule has 0 aromatic heterocycles. The summed E-state index contributed by atoms with van der Waals surface area (Å²) in [5, 5.41) is 5.64. The van der Waals surface area contributed by atoms with E-state index in [9.17, 15) is 14.4 Å². The van der Waals surface area contributed by atoms with Crippen LogP contribution in [0.25, 0.3) is 6.08 Å². The number of rotatable bonds is 9. The van der Waals surface area contributed by atoms with Gasteiger partial charge in [0.05, 0.1) is 19.7 Å². The first-order valence-electron chi connectivity index (χ1n) is 9.76. The zero-order valence-electron chi connectivity index (χ0n) is 17.8. The van der Waals surface area contributed by atoms with Crippen LogP contribution in [0.5, 0.6) is 0 Å². The van der Waals surface area contributed by atoms with Gasteiger partial charge >= 0.3 is 5.97 Å². The van der Waals surface area contributed by atoms with Crippen molar-refractivity contribution in [1.29, 1.82) is 0 Å². The number of anilines is 2. The zero-order chi connectivity index (χ0) is 22.8. The number of aryl methyl sites for hydroxylation is 1. The van der Waals surface area contributed by atoms with Crippen LogP contribution >= 0.6 is 15.9 Å². The smallest absolute Gasteiger partial charge is 0.330 e. The molecule has 0 atom stereocenters. The van der Waals surface area contributed by atoms with E-state index in [1.165, 1.54) is 6.08 Å². The maximum absolute atomic E-state index is 12.3. The third-order valence-corrected chi connectivity index (χ3v) is 4.68. The fourth-order valence-electron chi connectivity index (χ4n) is 2.74. The van der Waals surface area contributed by atoms with Crippen LogP contribution in [0.3, 0.4) is 0 Å². The van der Waals surface area contributed by atoms with Crippen LogP contribution in [0.1, 0.15) is 18.1 Å². The maximum Gasteiger partial charge on any atom is 0.330 e. The van der Waals surface area contributed by atoms with Crippen molar-refractivity contribution in [3.05, 3.63) is 64.1 Å². The summed E-state index contributed by atoms with van der Waals surface area (Å²) >= 11 is 3.39. The van der Waals surface area contributed by atoms with Gasteiger partial charge in [-0.15, -0.1) is 0 Å². The maximum atomic E-state index is 12.3. The second-order valence-corrected chi connectivity index (χ2v) is 7.85. The van der Waals surface area contributed by atoms with Crippen LogP contribution in [-0.2, 0) is 19.1 Å². The fraction of sp³-hybridized carbons (Fsp3) is 0.261. The molecule has 0 fully saturated rings. The standard InChI is InChI=1S/C23H26BrN3O4/c1-4-31-23(30)12-7-17-5-9-19(10-6-17)25-21(28)14-27(3)15-22(29)26-20-11-8-18(24)13-16(20)2/h5-13H,4,14-15H2,1-3H3,(H,25,28)(H,26,29)/b12-7+. The molecule has 0 radical (unpaired) electrons. The van der Waals surface area contributed by atoms with E-state index >= 15 is 0 Å². The summed E-state index contributed by atoms with van der Waals surface area (Å²) in [6.07, 6.45) is 3.00. The van der Waals surface area contributed by atoms with Crippen molar-refractivity contribution in [2.24, 2.45) is 0 Å². The van der Waals surface area contributed by atoms with Crippen LogP contribution in [0.4, 0.5) is 11.4 Å². The van der Waals surface area contributed by atoms with Gasteiger partial charge in [-0.05, 0) is 68.4 Å². The summed E-state index contributed by atoms with van der Waals surface area (Å²) in [6, 6.07) is 12.7. The number of carbonyl (C=O) groups excluding carboxylic acids is 3. The molecule has 2 aromatic rings. The molecule has 0 saturated carbocycles. The van der Waals surface area contributed by atoms with Crippen LogP contribution in [0, 0.1) is 6.92 Å². The SMILES string of the molecule is CCOC(=O)/C=C/c1ccc(NC(=O)CN(C)CC(=O)Nc2ccc(Br)cc2C)cc1. The van der Waals surface area contributed by atoms with E-state index < -0.39 is 5.97 Å². The Morgan fingerprint density at radius 3 is 2.29 bits per heavy atom. The van der Waals surface area contributed by atoms with E-state index in [1.54, 1.807) is 49.2 Å². The predicted octanol–water partition coefficient (Wildman–Crippen LogP) is 3.84. The van der Waals surface area contributed by atoms with Gasteiger partial charge in [-0.25, -0.2) is 4.79 Å². The number of halogens is 1. The molecule has 2 rings (SSSR count). The summed E-state index contributed by atoms with van der Waals surface area (Å²) in [7, 11) is 1.71. The van der Waals surface area contributed by atoms with Gasteiger partial charge in [0, 0.05) is 21.9 Å². The highest BCUT2D eigenvalue weighted by atomic mass is 79.9. The number of hydrogen-bond donors (Lipinski definition) is 2. The largest absolute Gasteiger partial charge is 0.463 e. The molecule has 2 aromatic carbocycles. The highest BCUT2D eigenvalue weighted by Crippen LogP contribution is 2.20. The number of ether oxygens (including phenoxy) is 1. The van der Waals surface area contributed by atoms with Crippen molar-refractivity contribution in [3.8, 4) is 0 Å². The molecule has 31 heavy (non-hydrogen) atoms. The van der Waals surface area contributed by atoms with E-state index in [0.29, 0.717) is 12.3 Å². The Bertz CT molecular complexity index is 958. The van der Waals surface area contributed by atoms with Crippen molar-refractivity contribution in [1.82, 2.24) is 4.90 Å². The van der Waals surface area contributed by atoms with Crippen LogP contribution in [0.15, 0.2) is 53.0 Å². The highest BCUT2D eigenvalue weighted by Gasteiger charge is 2.12. The molecule has 0 saturated heterocycles. The molecule has 0 spiro atoms. The van der Waals surface area contributed by atoms with Gasteiger partial charge in [-0.2, -0.15) is 0 Å². The van der Waals surface area contributed by atoms with E-state index in [-0.39, 0.29) is 24.9 Å². The first kappa shape index (κ1) is 24.3. The molecule has 2 N–H and O–H groups in total. The number of hydrogen-bond acceptors (Lipinski definition) is 5. The number of carbonyl (C=O) groups is 3. The Hall–Kier alpha value is -2.97. The van der Waals surface area contributed by atoms with E-state index in [4.69, 9.17) is 4.74 Å². The quantitative estimate of drug-likeness (QED) is 0.414. The molecule has 0 aliphatic carbocycles. The third kappa shape index (κ3) is 8.74. The van der Waals surface area contributed by atoms with Crippen LogP contribution in [-0.4, -0.2) is 49.4 Å².